The van der Waals surface area contributed by atoms with Gasteiger partial charge in [-0.15, -0.1) is 0 Å². The van der Waals surface area contributed by atoms with Crippen LogP contribution in [-0.4, -0.2) is 24.5 Å². The van der Waals surface area contributed by atoms with E-state index in [2.05, 4.69) is 23.6 Å². The minimum absolute atomic E-state index is 1.11. The van der Waals surface area contributed by atoms with E-state index in [0.717, 1.165) is 6.42 Å². The normalized spacial score (nSPS) is 19.0. The van der Waals surface area contributed by atoms with Crippen LogP contribution in [-0.2, 0) is 0 Å². The standard InChI is InChI=1S/C14H23N/c1-3-4-6-9-14(2)10-13-15-11-7-5-8-12-15/h3-4,6,9H,2,5,7-8,10-13H2,1H3. The second-order valence-electron chi connectivity index (χ2n) is 4.20. The van der Waals surface area contributed by atoms with Gasteiger partial charge >= 0.3 is 0 Å². The Balaban J connectivity index is 2.15. The minimum Gasteiger partial charge on any atom is -0.303 e. The molecule has 84 valence electrons. The molecule has 0 aliphatic carbocycles. The number of nitrogens with zero attached hydrogens (tertiary/aromatic N) is 1. The molecule has 0 aromatic rings. The fourth-order valence-corrected chi connectivity index (χ4v) is 1.87. The molecule has 1 nitrogen and oxygen atoms in total. The molecular weight excluding hydrogens is 182 g/mol. The molecule has 0 radical (unpaired) electrons. The third kappa shape index (κ3) is 5.58. The topological polar surface area (TPSA) is 3.24 Å². The average molecular weight is 205 g/mol. The molecule has 0 saturated carbocycles. The summed E-state index contributed by atoms with van der Waals surface area (Å²) in [7, 11) is 0. The van der Waals surface area contributed by atoms with Crippen LogP contribution in [0.25, 0.3) is 0 Å². The minimum atomic E-state index is 1.11. The van der Waals surface area contributed by atoms with Crippen molar-refractivity contribution < 1.29 is 0 Å². The van der Waals surface area contributed by atoms with E-state index in [9.17, 15) is 0 Å². The lowest BCUT2D eigenvalue weighted by Gasteiger charge is -2.26. The first kappa shape index (κ1) is 12.3. The molecule has 0 amide bonds. The third-order valence-electron chi connectivity index (χ3n) is 2.83. The summed E-state index contributed by atoms with van der Waals surface area (Å²) >= 11 is 0. The van der Waals surface area contributed by atoms with E-state index in [1.54, 1.807) is 0 Å². The number of rotatable bonds is 5. The first-order valence-electron chi connectivity index (χ1n) is 6.02. The van der Waals surface area contributed by atoms with Crippen LogP contribution >= 0.6 is 0 Å². The van der Waals surface area contributed by atoms with Gasteiger partial charge in [0.1, 0.15) is 0 Å². The van der Waals surface area contributed by atoms with E-state index < -0.39 is 0 Å². The molecule has 0 bridgehead atoms. The van der Waals surface area contributed by atoms with Crippen molar-refractivity contribution in [2.45, 2.75) is 32.6 Å². The maximum Gasteiger partial charge on any atom is 0.00216 e. The van der Waals surface area contributed by atoms with Crippen LogP contribution in [0.3, 0.4) is 0 Å². The SMILES string of the molecule is C=C(C=CC=CC)CCN1CCCCC1. The van der Waals surface area contributed by atoms with Crippen LogP contribution in [0.1, 0.15) is 32.6 Å². The summed E-state index contributed by atoms with van der Waals surface area (Å²) in [5, 5.41) is 0. The highest BCUT2D eigenvalue weighted by Gasteiger charge is 2.08. The summed E-state index contributed by atoms with van der Waals surface area (Å²) in [4.78, 5) is 2.55. The molecule has 1 rings (SSSR count). The van der Waals surface area contributed by atoms with Gasteiger partial charge in [-0.2, -0.15) is 0 Å². The van der Waals surface area contributed by atoms with Gasteiger partial charge in [0.15, 0.2) is 0 Å². The maximum absolute atomic E-state index is 4.06. The largest absolute Gasteiger partial charge is 0.303 e. The second-order valence-corrected chi connectivity index (χ2v) is 4.20. The van der Waals surface area contributed by atoms with Crippen LogP contribution in [0, 0.1) is 0 Å². The first-order valence-corrected chi connectivity index (χ1v) is 6.02. The molecule has 1 aliphatic rings. The van der Waals surface area contributed by atoms with Crippen LogP contribution in [0.2, 0.25) is 0 Å². The lowest BCUT2D eigenvalue weighted by atomic mass is 10.1. The smallest absolute Gasteiger partial charge is 0.00216 e. The Bertz CT molecular complexity index is 232. The Morgan fingerprint density at radius 2 is 1.93 bits per heavy atom. The van der Waals surface area contributed by atoms with Gasteiger partial charge in [0.2, 0.25) is 0 Å². The van der Waals surface area contributed by atoms with Crippen LogP contribution in [0.15, 0.2) is 36.5 Å². The molecular formula is C14H23N. The molecule has 0 unspecified atom stereocenters. The number of hydrogen-bond donors (Lipinski definition) is 0. The molecule has 1 saturated heterocycles. The molecule has 15 heavy (non-hydrogen) atoms. The molecule has 1 heteroatoms. The highest BCUT2D eigenvalue weighted by atomic mass is 15.1. The molecule has 0 spiro atoms. The summed E-state index contributed by atoms with van der Waals surface area (Å²) in [6.07, 6.45) is 13.5. The Morgan fingerprint density at radius 3 is 2.60 bits per heavy atom. The predicted octanol–water partition coefficient (Wildman–Crippen LogP) is 3.55. The summed E-state index contributed by atoms with van der Waals surface area (Å²) in [5.74, 6) is 0. The van der Waals surface area contributed by atoms with Crippen LogP contribution < -0.4 is 0 Å². The van der Waals surface area contributed by atoms with Gasteiger partial charge in [-0.1, -0.05) is 42.9 Å². The van der Waals surface area contributed by atoms with Gasteiger partial charge in [-0.3, -0.25) is 0 Å². The van der Waals surface area contributed by atoms with Crippen molar-refractivity contribution in [3.8, 4) is 0 Å². The Kier molecular flexibility index (Phi) is 6.10. The maximum atomic E-state index is 4.06. The highest BCUT2D eigenvalue weighted by Crippen LogP contribution is 2.10. The molecule has 0 atom stereocenters. The quantitative estimate of drug-likeness (QED) is 0.620. The third-order valence-corrected chi connectivity index (χ3v) is 2.83. The molecule has 1 aliphatic heterocycles. The highest BCUT2D eigenvalue weighted by molar-refractivity contribution is 5.18. The number of likely N-dealkylation sites (tertiary alicyclic amines) is 1. The zero-order valence-corrected chi connectivity index (χ0v) is 9.91. The van der Waals surface area contributed by atoms with Crippen molar-refractivity contribution in [1.29, 1.82) is 0 Å². The Labute approximate surface area is 94.2 Å². The lowest BCUT2D eigenvalue weighted by Crippen LogP contribution is -2.30. The molecule has 0 aromatic carbocycles. The summed E-state index contributed by atoms with van der Waals surface area (Å²) < 4.78 is 0. The van der Waals surface area contributed by atoms with Gasteiger partial charge in [0.05, 0.1) is 0 Å². The van der Waals surface area contributed by atoms with E-state index in [0.29, 0.717) is 0 Å². The number of allylic oxidation sites excluding steroid dienone is 4. The van der Waals surface area contributed by atoms with E-state index in [4.69, 9.17) is 0 Å². The zero-order valence-electron chi connectivity index (χ0n) is 9.91. The van der Waals surface area contributed by atoms with Crippen molar-refractivity contribution in [2.75, 3.05) is 19.6 Å². The monoisotopic (exact) mass is 205 g/mol. The van der Waals surface area contributed by atoms with E-state index in [1.165, 1.54) is 44.5 Å². The lowest BCUT2D eigenvalue weighted by molar-refractivity contribution is 0.232. The van der Waals surface area contributed by atoms with Gasteiger partial charge in [0.25, 0.3) is 0 Å². The summed E-state index contributed by atoms with van der Waals surface area (Å²) in [6, 6.07) is 0. The van der Waals surface area contributed by atoms with Crippen molar-refractivity contribution in [3.05, 3.63) is 36.5 Å². The second kappa shape index (κ2) is 7.47. The van der Waals surface area contributed by atoms with Crippen molar-refractivity contribution in [1.82, 2.24) is 4.90 Å². The van der Waals surface area contributed by atoms with Crippen LogP contribution in [0.4, 0.5) is 0 Å². The van der Waals surface area contributed by atoms with Gasteiger partial charge in [-0.25, -0.2) is 0 Å². The summed E-state index contributed by atoms with van der Waals surface area (Å²) in [5.41, 5.74) is 1.23. The van der Waals surface area contributed by atoms with E-state index >= 15 is 0 Å². The Hall–Kier alpha value is -0.820. The fraction of sp³-hybridized carbons (Fsp3) is 0.571. The summed E-state index contributed by atoms with van der Waals surface area (Å²) in [6.45, 7) is 9.84. The number of piperidine rings is 1. The molecule has 1 fully saturated rings. The zero-order chi connectivity index (χ0) is 10.9. The number of hydrogen-bond acceptors (Lipinski definition) is 1. The average Bonchev–Trinajstić information content (AvgIpc) is 2.28. The van der Waals surface area contributed by atoms with E-state index in [1.807, 2.05) is 19.1 Å². The van der Waals surface area contributed by atoms with Gasteiger partial charge in [-0.05, 0) is 39.3 Å². The fourth-order valence-electron chi connectivity index (χ4n) is 1.87. The molecule has 0 N–H and O–H groups in total. The predicted molar refractivity (Wildman–Crippen MR) is 68.0 cm³/mol. The Morgan fingerprint density at radius 1 is 1.20 bits per heavy atom. The van der Waals surface area contributed by atoms with Gasteiger partial charge in [0, 0.05) is 6.54 Å². The van der Waals surface area contributed by atoms with Gasteiger partial charge < -0.3 is 4.90 Å². The first-order chi connectivity index (χ1) is 7.33. The molecule has 0 aromatic heterocycles. The molecule has 1 heterocycles. The van der Waals surface area contributed by atoms with Crippen molar-refractivity contribution in [2.24, 2.45) is 0 Å². The van der Waals surface area contributed by atoms with E-state index in [-0.39, 0.29) is 0 Å². The van der Waals surface area contributed by atoms with Crippen molar-refractivity contribution >= 4 is 0 Å². The van der Waals surface area contributed by atoms with Crippen LogP contribution in [0.5, 0.6) is 0 Å². The van der Waals surface area contributed by atoms with Crippen molar-refractivity contribution in [3.63, 3.8) is 0 Å².